The quantitative estimate of drug-likeness (QED) is 0.130. The van der Waals surface area contributed by atoms with Crippen LogP contribution in [-0.4, -0.2) is 93.9 Å². The first kappa shape index (κ1) is 29.1. The molecule has 1 fully saturated rings. The van der Waals surface area contributed by atoms with Gasteiger partial charge in [0.1, 0.15) is 12.7 Å². The van der Waals surface area contributed by atoms with Crippen LogP contribution in [0.15, 0.2) is 35.4 Å². The van der Waals surface area contributed by atoms with E-state index in [9.17, 15) is 22.8 Å². The van der Waals surface area contributed by atoms with Gasteiger partial charge in [-0.25, -0.2) is 13.2 Å². The van der Waals surface area contributed by atoms with Crippen LogP contribution in [0, 0.1) is 0 Å². The minimum Gasteiger partial charge on any atom is -0.465 e. The van der Waals surface area contributed by atoms with Crippen LogP contribution in [-0.2, 0) is 38.4 Å². The van der Waals surface area contributed by atoms with E-state index in [0.717, 1.165) is 30.9 Å². The number of nitrogens with zero attached hydrogens (tertiary/aromatic N) is 1. The molecule has 0 aromatic heterocycles. The zero-order valence-electron chi connectivity index (χ0n) is 19.1. The lowest BCUT2D eigenvalue weighted by molar-refractivity contribution is -0.152. The van der Waals surface area contributed by atoms with Gasteiger partial charge in [-0.15, -0.1) is 0 Å². The molecule has 0 aromatic rings. The smallest absolute Gasteiger partial charge is 0.349 e. The van der Waals surface area contributed by atoms with E-state index in [1.54, 1.807) is 35.5 Å². The molecule has 0 radical (unpaired) electrons. The predicted octanol–water partition coefficient (Wildman–Crippen LogP) is 1.80. The fourth-order valence-electron chi connectivity index (χ4n) is 2.45. The molecule has 33 heavy (non-hydrogen) atoms. The van der Waals surface area contributed by atoms with E-state index >= 15 is 0 Å². The van der Waals surface area contributed by atoms with Crippen LogP contribution < -0.4 is 0 Å². The molecular weight excluding hydrogens is 490 g/mol. The normalized spacial score (nSPS) is 16.1. The zero-order valence-corrected chi connectivity index (χ0v) is 21.6. The Morgan fingerprint density at radius 2 is 1.76 bits per heavy atom. The van der Waals surface area contributed by atoms with Crippen molar-refractivity contribution in [2.24, 2.45) is 0 Å². The average molecular weight is 522 g/mol. The molecule has 1 rings (SSSR count). The Morgan fingerprint density at radius 1 is 1.15 bits per heavy atom. The highest BCUT2D eigenvalue weighted by molar-refractivity contribution is 8.01. The summed E-state index contributed by atoms with van der Waals surface area (Å²) >= 11 is 3.38. The topological polar surface area (TPSA) is 116 Å². The van der Waals surface area contributed by atoms with Crippen molar-refractivity contribution in [3.8, 4) is 0 Å². The number of hydrogen-bond donors (Lipinski definition) is 0. The van der Waals surface area contributed by atoms with Gasteiger partial charge in [-0.1, -0.05) is 12.2 Å². The Morgan fingerprint density at radius 3 is 2.33 bits per heavy atom. The second kappa shape index (κ2) is 15.1. The summed E-state index contributed by atoms with van der Waals surface area (Å²) < 4.78 is 38.2. The van der Waals surface area contributed by atoms with E-state index in [1.807, 2.05) is 0 Å². The van der Waals surface area contributed by atoms with Crippen molar-refractivity contribution in [2.45, 2.75) is 18.9 Å². The molecule has 12 heteroatoms. The van der Waals surface area contributed by atoms with E-state index < -0.39 is 32.7 Å². The number of carbonyl (C=O) groups excluding carboxylic acids is 3. The lowest BCUT2D eigenvalue weighted by Crippen LogP contribution is -2.25. The Labute approximate surface area is 203 Å². The Balaban J connectivity index is 2.32. The Kier molecular flexibility index (Phi) is 13.3. The summed E-state index contributed by atoms with van der Waals surface area (Å²) in [5.41, 5.74) is 1.18. The summed E-state index contributed by atoms with van der Waals surface area (Å²) in [6, 6.07) is 0. The lowest BCUT2D eigenvalue weighted by Gasteiger charge is -2.20. The zero-order chi connectivity index (χ0) is 24.9. The minimum absolute atomic E-state index is 0.0420. The maximum Gasteiger partial charge on any atom is 0.349 e. The Bertz CT molecular complexity index is 855. The molecular formula is C21H31NO8S3. The minimum atomic E-state index is -3.73. The van der Waals surface area contributed by atoms with Gasteiger partial charge in [0, 0.05) is 36.3 Å². The van der Waals surface area contributed by atoms with Gasteiger partial charge in [-0.2, -0.15) is 23.5 Å². The number of sulfone groups is 1. The van der Waals surface area contributed by atoms with Gasteiger partial charge in [-0.3, -0.25) is 9.59 Å². The standard InChI is InChI=1S/C21H31NO8S3/c1-16-12-31-14-17(15-32-13-16)30-20(24)8-7-19(23)29-11-10-22(2)9-5-6-18(21(25)28-3)33(4,26)27/h5-6,9,17H,1,7-8,10-15H2,2-4H3. The lowest BCUT2D eigenvalue weighted by atomic mass is 10.3. The molecule has 1 heterocycles. The van der Waals surface area contributed by atoms with E-state index in [4.69, 9.17) is 9.47 Å². The molecule has 0 amide bonds. The van der Waals surface area contributed by atoms with Gasteiger partial charge >= 0.3 is 17.9 Å². The monoisotopic (exact) mass is 521 g/mol. The first-order valence-corrected chi connectivity index (χ1v) is 14.3. The number of thioether (sulfide) groups is 2. The summed E-state index contributed by atoms with van der Waals surface area (Å²) in [5, 5.41) is 0. The van der Waals surface area contributed by atoms with Crippen LogP contribution in [0.4, 0.5) is 0 Å². The number of rotatable bonds is 11. The molecule has 0 atom stereocenters. The molecule has 0 aromatic carbocycles. The van der Waals surface area contributed by atoms with Crippen LogP contribution in [0.5, 0.6) is 0 Å². The van der Waals surface area contributed by atoms with E-state index in [0.29, 0.717) is 18.1 Å². The number of likely N-dealkylation sites (N-methyl/N-ethyl adjacent to an activating group) is 1. The number of hydrogen-bond acceptors (Lipinski definition) is 11. The molecule has 9 nitrogen and oxygen atoms in total. The van der Waals surface area contributed by atoms with Crippen LogP contribution in [0.1, 0.15) is 12.8 Å². The summed E-state index contributed by atoms with van der Waals surface area (Å²) in [7, 11) is -0.942. The van der Waals surface area contributed by atoms with Crippen molar-refractivity contribution in [3.05, 3.63) is 35.4 Å². The SMILES string of the molecule is C=C1CSCC(OC(=O)CCC(=O)OCCN(C)C=CC=C(C(=O)OC)S(C)(=O)=O)CSC1. The molecule has 0 saturated carbocycles. The third-order valence-corrected chi connectivity index (χ3v) is 7.67. The average Bonchev–Trinajstić information content (AvgIpc) is 2.72. The highest BCUT2D eigenvalue weighted by Gasteiger charge is 2.20. The van der Waals surface area contributed by atoms with Crippen molar-refractivity contribution >= 4 is 51.3 Å². The van der Waals surface area contributed by atoms with Crippen LogP contribution >= 0.6 is 23.5 Å². The van der Waals surface area contributed by atoms with Gasteiger partial charge in [0.25, 0.3) is 0 Å². The molecule has 0 aliphatic carbocycles. The van der Waals surface area contributed by atoms with Gasteiger partial charge in [0.05, 0.1) is 26.5 Å². The molecule has 1 saturated heterocycles. The first-order valence-electron chi connectivity index (χ1n) is 10.1. The maximum absolute atomic E-state index is 12.0. The third-order valence-electron chi connectivity index (χ3n) is 4.13. The number of allylic oxidation sites excluding steroid dienone is 2. The first-order chi connectivity index (χ1) is 15.5. The highest BCUT2D eigenvalue weighted by Crippen LogP contribution is 2.21. The molecule has 0 bridgehead atoms. The summed E-state index contributed by atoms with van der Waals surface area (Å²) in [6.07, 6.45) is 4.68. The van der Waals surface area contributed by atoms with Crippen LogP contribution in [0.3, 0.4) is 0 Å². The number of carbonyl (C=O) groups is 3. The van der Waals surface area contributed by atoms with Crippen molar-refractivity contribution < 1.29 is 37.0 Å². The molecule has 1 aliphatic heterocycles. The summed E-state index contributed by atoms with van der Waals surface area (Å²) in [4.78, 5) is 36.6. The fraction of sp³-hybridized carbons (Fsp3) is 0.571. The summed E-state index contributed by atoms with van der Waals surface area (Å²) in [6.45, 7) is 4.38. The second-order valence-electron chi connectivity index (χ2n) is 7.23. The molecule has 0 spiro atoms. The second-order valence-corrected chi connectivity index (χ2v) is 11.3. The van der Waals surface area contributed by atoms with Crippen molar-refractivity contribution in [1.82, 2.24) is 4.90 Å². The highest BCUT2D eigenvalue weighted by atomic mass is 32.2. The molecule has 0 N–H and O–H groups in total. The van der Waals surface area contributed by atoms with Gasteiger partial charge in [0.2, 0.25) is 0 Å². The van der Waals surface area contributed by atoms with E-state index in [1.165, 1.54) is 17.8 Å². The third kappa shape index (κ3) is 12.8. The van der Waals surface area contributed by atoms with Gasteiger partial charge in [-0.05, 0) is 18.4 Å². The maximum atomic E-state index is 12.0. The largest absolute Gasteiger partial charge is 0.465 e. The van der Waals surface area contributed by atoms with Gasteiger partial charge in [0.15, 0.2) is 14.7 Å². The van der Waals surface area contributed by atoms with E-state index in [-0.39, 0.29) is 25.6 Å². The van der Waals surface area contributed by atoms with Crippen molar-refractivity contribution in [1.29, 1.82) is 0 Å². The number of methoxy groups -OCH3 is 1. The number of esters is 3. The van der Waals surface area contributed by atoms with Crippen LogP contribution in [0.2, 0.25) is 0 Å². The van der Waals surface area contributed by atoms with Crippen LogP contribution in [0.25, 0.3) is 0 Å². The van der Waals surface area contributed by atoms with Gasteiger partial charge < -0.3 is 19.1 Å². The number of ether oxygens (including phenoxy) is 3. The molecule has 186 valence electrons. The van der Waals surface area contributed by atoms with Crippen molar-refractivity contribution in [2.75, 3.05) is 56.6 Å². The summed E-state index contributed by atoms with van der Waals surface area (Å²) in [5.74, 6) is 1.26. The Hall–Kier alpha value is -1.92. The predicted molar refractivity (Wildman–Crippen MR) is 131 cm³/mol. The molecule has 1 aliphatic rings. The van der Waals surface area contributed by atoms with Crippen molar-refractivity contribution in [3.63, 3.8) is 0 Å². The fourth-order valence-corrected chi connectivity index (χ4v) is 5.35. The molecule has 0 unspecified atom stereocenters. The van der Waals surface area contributed by atoms with E-state index in [2.05, 4.69) is 11.3 Å².